The van der Waals surface area contributed by atoms with Gasteiger partial charge in [-0.15, -0.1) is 0 Å². The maximum Gasteiger partial charge on any atom is 0.227 e. The van der Waals surface area contributed by atoms with Gasteiger partial charge in [0.1, 0.15) is 5.82 Å². The first-order valence-corrected chi connectivity index (χ1v) is 3.42. The van der Waals surface area contributed by atoms with E-state index in [1.54, 1.807) is 6.26 Å². The monoisotopic (exact) mass is 148 g/mol. The van der Waals surface area contributed by atoms with Gasteiger partial charge in [-0.1, -0.05) is 0 Å². The number of fused-ring (bicyclic) bond motifs is 1. The Labute approximate surface area is 64.0 Å². The van der Waals surface area contributed by atoms with E-state index in [4.69, 9.17) is 4.42 Å². The number of anilines is 1. The lowest BCUT2D eigenvalue weighted by Gasteiger charge is -1.95. The standard InChI is InChI=1S/C8H8N2O/c1-9-7-3-2-6-4-5-11-8(6)10-7/h2-5H,1H3,(H,9,10). The van der Waals surface area contributed by atoms with Crippen LogP contribution >= 0.6 is 0 Å². The van der Waals surface area contributed by atoms with Crippen LogP contribution in [-0.2, 0) is 0 Å². The Morgan fingerprint density at radius 2 is 2.27 bits per heavy atom. The van der Waals surface area contributed by atoms with Gasteiger partial charge in [-0.3, -0.25) is 0 Å². The fourth-order valence-corrected chi connectivity index (χ4v) is 0.983. The SMILES string of the molecule is CNc1ccc2ccoc2n1. The molecule has 3 nitrogen and oxygen atoms in total. The van der Waals surface area contributed by atoms with Crippen molar-refractivity contribution in [1.82, 2.24) is 4.98 Å². The van der Waals surface area contributed by atoms with Crippen LogP contribution in [0.15, 0.2) is 28.9 Å². The van der Waals surface area contributed by atoms with Crippen molar-refractivity contribution >= 4 is 16.9 Å². The zero-order chi connectivity index (χ0) is 7.68. The molecule has 0 spiro atoms. The van der Waals surface area contributed by atoms with E-state index in [0.717, 1.165) is 11.2 Å². The Bertz CT molecular complexity index is 367. The quantitative estimate of drug-likeness (QED) is 0.670. The van der Waals surface area contributed by atoms with Gasteiger partial charge in [-0.25, -0.2) is 0 Å². The molecule has 0 amide bonds. The molecule has 0 atom stereocenters. The van der Waals surface area contributed by atoms with Crippen molar-refractivity contribution in [3.05, 3.63) is 24.5 Å². The van der Waals surface area contributed by atoms with E-state index < -0.39 is 0 Å². The summed E-state index contributed by atoms with van der Waals surface area (Å²) in [6.07, 6.45) is 1.64. The van der Waals surface area contributed by atoms with E-state index in [0.29, 0.717) is 5.71 Å². The van der Waals surface area contributed by atoms with Crippen molar-refractivity contribution in [2.45, 2.75) is 0 Å². The highest BCUT2D eigenvalue weighted by Gasteiger charge is 1.97. The number of pyridine rings is 1. The van der Waals surface area contributed by atoms with E-state index >= 15 is 0 Å². The molecule has 2 rings (SSSR count). The van der Waals surface area contributed by atoms with E-state index in [1.807, 2.05) is 25.2 Å². The molecule has 2 aromatic rings. The first kappa shape index (κ1) is 6.22. The van der Waals surface area contributed by atoms with Crippen LogP contribution in [0.2, 0.25) is 0 Å². The minimum atomic E-state index is 0.678. The molecule has 3 heteroatoms. The molecule has 0 aromatic carbocycles. The summed E-state index contributed by atoms with van der Waals surface area (Å²) in [6.45, 7) is 0. The van der Waals surface area contributed by atoms with Gasteiger partial charge in [0.15, 0.2) is 0 Å². The van der Waals surface area contributed by atoms with Crippen LogP contribution < -0.4 is 5.32 Å². The van der Waals surface area contributed by atoms with Crippen LogP contribution in [-0.4, -0.2) is 12.0 Å². The van der Waals surface area contributed by atoms with E-state index in [1.165, 1.54) is 0 Å². The summed E-state index contributed by atoms with van der Waals surface area (Å²) in [4.78, 5) is 4.18. The largest absolute Gasteiger partial charge is 0.446 e. The first-order chi connectivity index (χ1) is 5.40. The molecule has 0 unspecified atom stereocenters. The normalized spacial score (nSPS) is 10.3. The number of aromatic nitrogens is 1. The molecular weight excluding hydrogens is 140 g/mol. The number of rotatable bonds is 1. The fraction of sp³-hybridized carbons (Fsp3) is 0.125. The van der Waals surface area contributed by atoms with Crippen LogP contribution in [0, 0.1) is 0 Å². The third kappa shape index (κ3) is 0.941. The average Bonchev–Trinajstić information content (AvgIpc) is 2.50. The number of furan rings is 1. The minimum absolute atomic E-state index is 0.678. The number of hydrogen-bond donors (Lipinski definition) is 1. The lowest BCUT2D eigenvalue weighted by molar-refractivity contribution is 0.603. The van der Waals surface area contributed by atoms with Gasteiger partial charge >= 0.3 is 0 Å². The van der Waals surface area contributed by atoms with Crippen LogP contribution in [0.1, 0.15) is 0 Å². The van der Waals surface area contributed by atoms with Crippen LogP contribution in [0.25, 0.3) is 11.1 Å². The minimum Gasteiger partial charge on any atom is -0.446 e. The molecule has 0 aliphatic carbocycles. The van der Waals surface area contributed by atoms with Crippen molar-refractivity contribution in [3.8, 4) is 0 Å². The second-order valence-electron chi connectivity index (χ2n) is 2.26. The lowest BCUT2D eigenvalue weighted by atomic mass is 10.3. The van der Waals surface area contributed by atoms with Crippen molar-refractivity contribution in [2.75, 3.05) is 12.4 Å². The van der Waals surface area contributed by atoms with E-state index in [2.05, 4.69) is 10.3 Å². The number of nitrogens with one attached hydrogen (secondary N) is 1. The molecule has 0 fully saturated rings. The molecule has 0 aliphatic rings. The van der Waals surface area contributed by atoms with Gasteiger partial charge in [0.2, 0.25) is 5.71 Å². The van der Waals surface area contributed by atoms with Gasteiger partial charge in [-0.05, 0) is 18.2 Å². The highest BCUT2D eigenvalue weighted by molar-refractivity contribution is 5.74. The van der Waals surface area contributed by atoms with E-state index in [-0.39, 0.29) is 0 Å². The molecule has 2 heterocycles. The summed E-state index contributed by atoms with van der Waals surface area (Å²) in [5.41, 5.74) is 0.678. The topological polar surface area (TPSA) is 38.1 Å². The molecule has 1 N–H and O–H groups in total. The summed E-state index contributed by atoms with van der Waals surface area (Å²) in [5.74, 6) is 0.826. The Hall–Kier alpha value is -1.51. The van der Waals surface area contributed by atoms with Crippen LogP contribution in [0.4, 0.5) is 5.82 Å². The molecule has 2 aromatic heterocycles. The predicted octanol–water partition coefficient (Wildman–Crippen LogP) is 1.87. The zero-order valence-electron chi connectivity index (χ0n) is 6.16. The van der Waals surface area contributed by atoms with Crippen molar-refractivity contribution in [1.29, 1.82) is 0 Å². The van der Waals surface area contributed by atoms with Gasteiger partial charge < -0.3 is 9.73 Å². The van der Waals surface area contributed by atoms with Gasteiger partial charge in [-0.2, -0.15) is 4.98 Å². The predicted molar refractivity (Wildman–Crippen MR) is 43.6 cm³/mol. The summed E-state index contributed by atoms with van der Waals surface area (Å²) in [6, 6.07) is 5.78. The maximum atomic E-state index is 5.11. The lowest BCUT2D eigenvalue weighted by Crippen LogP contribution is -1.90. The van der Waals surface area contributed by atoms with Gasteiger partial charge in [0.25, 0.3) is 0 Å². The summed E-state index contributed by atoms with van der Waals surface area (Å²) in [7, 11) is 1.83. The third-order valence-corrected chi connectivity index (χ3v) is 1.57. The second kappa shape index (κ2) is 2.27. The molecule has 11 heavy (non-hydrogen) atoms. The molecule has 0 radical (unpaired) electrons. The molecule has 0 bridgehead atoms. The van der Waals surface area contributed by atoms with Crippen molar-refractivity contribution in [3.63, 3.8) is 0 Å². The molecule has 0 saturated carbocycles. The van der Waals surface area contributed by atoms with Crippen LogP contribution in [0.5, 0.6) is 0 Å². The fourth-order valence-electron chi connectivity index (χ4n) is 0.983. The summed E-state index contributed by atoms with van der Waals surface area (Å²) >= 11 is 0. The van der Waals surface area contributed by atoms with Crippen molar-refractivity contribution in [2.24, 2.45) is 0 Å². The summed E-state index contributed by atoms with van der Waals surface area (Å²) < 4.78 is 5.11. The first-order valence-electron chi connectivity index (χ1n) is 3.42. The highest BCUT2D eigenvalue weighted by Crippen LogP contribution is 2.14. The van der Waals surface area contributed by atoms with Gasteiger partial charge in [0.05, 0.1) is 6.26 Å². The maximum absolute atomic E-state index is 5.11. The zero-order valence-corrected chi connectivity index (χ0v) is 6.16. The van der Waals surface area contributed by atoms with Crippen LogP contribution in [0.3, 0.4) is 0 Å². The molecule has 0 aliphatic heterocycles. The van der Waals surface area contributed by atoms with Gasteiger partial charge in [0, 0.05) is 12.4 Å². The Kier molecular flexibility index (Phi) is 1.28. The van der Waals surface area contributed by atoms with E-state index in [9.17, 15) is 0 Å². The second-order valence-corrected chi connectivity index (χ2v) is 2.26. The Morgan fingerprint density at radius 3 is 3.09 bits per heavy atom. The van der Waals surface area contributed by atoms with Crippen molar-refractivity contribution < 1.29 is 4.42 Å². The molecular formula is C8H8N2O. The average molecular weight is 148 g/mol. The third-order valence-electron chi connectivity index (χ3n) is 1.57. The smallest absolute Gasteiger partial charge is 0.227 e. The molecule has 0 saturated heterocycles. The Balaban J connectivity index is 2.67. The number of hydrogen-bond acceptors (Lipinski definition) is 3. The number of nitrogens with zero attached hydrogens (tertiary/aromatic N) is 1. The highest BCUT2D eigenvalue weighted by atomic mass is 16.3. The summed E-state index contributed by atoms with van der Waals surface area (Å²) in [5, 5.41) is 3.97. The molecule has 56 valence electrons. The Morgan fingerprint density at radius 1 is 1.36 bits per heavy atom.